The van der Waals surface area contributed by atoms with Crippen molar-refractivity contribution in [2.75, 3.05) is 19.7 Å². The van der Waals surface area contributed by atoms with Crippen LogP contribution in [0.1, 0.15) is 62.6 Å². The standard InChI is InChI=1S/C18H27NO2/c1-13(2)14-7-8-17-15(11-14)18(16(20)12-21-17)19-9-5-3-4-6-10-19/h7-8,11,13,16,18,20H,3-6,9-10,12H2,1-2H3. The third-order valence-electron chi connectivity index (χ3n) is 4.83. The Hall–Kier alpha value is -1.06. The molecule has 2 aliphatic heterocycles. The van der Waals surface area contributed by atoms with E-state index in [0.717, 1.165) is 18.8 Å². The second-order valence-corrected chi connectivity index (χ2v) is 6.73. The summed E-state index contributed by atoms with van der Waals surface area (Å²) in [5.41, 5.74) is 2.51. The number of aliphatic hydroxyl groups is 1. The van der Waals surface area contributed by atoms with Crippen LogP contribution in [0.2, 0.25) is 0 Å². The van der Waals surface area contributed by atoms with Gasteiger partial charge in [-0.2, -0.15) is 0 Å². The van der Waals surface area contributed by atoms with Gasteiger partial charge in [-0.05, 0) is 43.5 Å². The first kappa shape index (κ1) is 14.9. The Morgan fingerprint density at radius 3 is 2.52 bits per heavy atom. The minimum atomic E-state index is -0.419. The summed E-state index contributed by atoms with van der Waals surface area (Å²) in [7, 11) is 0. The summed E-state index contributed by atoms with van der Waals surface area (Å²) >= 11 is 0. The predicted octanol–water partition coefficient (Wildman–Crippen LogP) is 3.48. The van der Waals surface area contributed by atoms with Gasteiger partial charge < -0.3 is 9.84 Å². The zero-order valence-electron chi connectivity index (χ0n) is 13.2. The number of nitrogens with zero attached hydrogens (tertiary/aromatic N) is 1. The van der Waals surface area contributed by atoms with Gasteiger partial charge in [-0.25, -0.2) is 0 Å². The number of hydrogen-bond acceptors (Lipinski definition) is 3. The molecule has 0 saturated carbocycles. The van der Waals surface area contributed by atoms with Crippen LogP contribution in [0.25, 0.3) is 0 Å². The molecule has 3 rings (SSSR count). The molecule has 21 heavy (non-hydrogen) atoms. The van der Waals surface area contributed by atoms with Crippen LogP contribution in [-0.2, 0) is 0 Å². The molecule has 0 amide bonds. The average molecular weight is 289 g/mol. The number of aliphatic hydroxyl groups excluding tert-OH is 1. The maximum absolute atomic E-state index is 10.5. The van der Waals surface area contributed by atoms with Gasteiger partial charge in [0.25, 0.3) is 0 Å². The number of benzene rings is 1. The van der Waals surface area contributed by atoms with Gasteiger partial charge in [-0.15, -0.1) is 0 Å². The van der Waals surface area contributed by atoms with E-state index >= 15 is 0 Å². The van der Waals surface area contributed by atoms with E-state index in [1.54, 1.807) is 0 Å². The maximum Gasteiger partial charge on any atom is 0.124 e. The highest BCUT2D eigenvalue weighted by Gasteiger charge is 2.34. The Morgan fingerprint density at radius 2 is 1.86 bits per heavy atom. The molecule has 1 N–H and O–H groups in total. The van der Waals surface area contributed by atoms with Crippen molar-refractivity contribution < 1.29 is 9.84 Å². The lowest BCUT2D eigenvalue weighted by atomic mass is 9.92. The molecule has 1 fully saturated rings. The predicted molar refractivity (Wildman–Crippen MR) is 84.8 cm³/mol. The molecule has 3 nitrogen and oxygen atoms in total. The molecule has 2 aliphatic rings. The Morgan fingerprint density at radius 1 is 1.14 bits per heavy atom. The summed E-state index contributed by atoms with van der Waals surface area (Å²) in [6.45, 7) is 7.01. The van der Waals surface area contributed by atoms with Gasteiger partial charge in [0.15, 0.2) is 0 Å². The lowest BCUT2D eigenvalue weighted by Crippen LogP contribution is -2.42. The monoisotopic (exact) mass is 289 g/mol. The van der Waals surface area contributed by atoms with Gasteiger partial charge in [0.05, 0.1) is 6.04 Å². The third-order valence-corrected chi connectivity index (χ3v) is 4.83. The van der Waals surface area contributed by atoms with Gasteiger partial charge in [-0.3, -0.25) is 4.90 Å². The Balaban J connectivity index is 1.94. The molecule has 1 saturated heterocycles. The highest BCUT2D eigenvalue weighted by atomic mass is 16.5. The zero-order chi connectivity index (χ0) is 14.8. The van der Waals surface area contributed by atoms with Crippen molar-refractivity contribution in [1.82, 2.24) is 4.90 Å². The molecule has 3 heteroatoms. The topological polar surface area (TPSA) is 32.7 Å². The number of fused-ring (bicyclic) bond motifs is 1. The SMILES string of the molecule is CC(C)c1ccc2c(c1)C(N1CCCCCC1)C(O)CO2. The van der Waals surface area contributed by atoms with Gasteiger partial charge in [0.1, 0.15) is 18.5 Å². The fourth-order valence-corrected chi connectivity index (χ4v) is 3.58. The van der Waals surface area contributed by atoms with Crippen molar-refractivity contribution >= 4 is 0 Å². The summed E-state index contributed by atoms with van der Waals surface area (Å²) < 4.78 is 5.75. The van der Waals surface area contributed by atoms with E-state index in [1.165, 1.54) is 36.8 Å². The first-order chi connectivity index (χ1) is 10.2. The van der Waals surface area contributed by atoms with Gasteiger partial charge in [0.2, 0.25) is 0 Å². The molecular weight excluding hydrogens is 262 g/mol. The Kier molecular flexibility index (Phi) is 4.51. The van der Waals surface area contributed by atoms with Crippen molar-refractivity contribution in [3.8, 4) is 5.75 Å². The van der Waals surface area contributed by atoms with Crippen LogP contribution in [0.5, 0.6) is 5.75 Å². The third kappa shape index (κ3) is 3.09. The van der Waals surface area contributed by atoms with Crippen molar-refractivity contribution in [3.05, 3.63) is 29.3 Å². The summed E-state index contributed by atoms with van der Waals surface area (Å²) in [6.07, 6.45) is 4.69. The quantitative estimate of drug-likeness (QED) is 0.904. The molecule has 0 aliphatic carbocycles. The number of ether oxygens (including phenoxy) is 1. The molecule has 2 heterocycles. The van der Waals surface area contributed by atoms with Crippen molar-refractivity contribution in [2.45, 2.75) is 57.6 Å². The molecule has 0 radical (unpaired) electrons. The minimum absolute atomic E-state index is 0.102. The first-order valence-corrected chi connectivity index (χ1v) is 8.35. The van der Waals surface area contributed by atoms with Crippen LogP contribution < -0.4 is 4.74 Å². The fraction of sp³-hybridized carbons (Fsp3) is 0.667. The fourth-order valence-electron chi connectivity index (χ4n) is 3.58. The number of rotatable bonds is 2. The number of hydrogen-bond donors (Lipinski definition) is 1. The molecule has 1 aromatic rings. The van der Waals surface area contributed by atoms with E-state index in [9.17, 15) is 5.11 Å². The van der Waals surface area contributed by atoms with Crippen LogP contribution in [0, 0.1) is 0 Å². The van der Waals surface area contributed by atoms with Crippen molar-refractivity contribution in [2.24, 2.45) is 0 Å². The average Bonchev–Trinajstić information content (AvgIpc) is 2.75. The molecule has 116 valence electrons. The van der Waals surface area contributed by atoms with Gasteiger partial charge in [0, 0.05) is 5.56 Å². The van der Waals surface area contributed by atoms with Crippen LogP contribution >= 0.6 is 0 Å². The largest absolute Gasteiger partial charge is 0.490 e. The van der Waals surface area contributed by atoms with E-state index in [4.69, 9.17) is 4.74 Å². The molecule has 0 spiro atoms. The van der Waals surface area contributed by atoms with Crippen LogP contribution in [0.3, 0.4) is 0 Å². The molecule has 1 aromatic carbocycles. The highest BCUT2D eigenvalue weighted by Crippen LogP contribution is 2.38. The first-order valence-electron chi connectivity index (χ1n) is 8.35. The molecular formula is C18H27NO2. The van der Waals surface area contributed by atoms with Gasteiger partial charge >= 0.3 is 0 Å². The normalized spacial score (nSPS) is 27.0. The van der Waals surface area contributed by atoms with E-state index in [1.807, 2.05) is 0 Å². The van der Waals surface area contributed by atoms with Crippen molar-refractivity contribution in [3.63, 3.8) is 0 Å². The van der Waals surface area contributed by atoms with Crippen LogP contribution in [0.4, 0.5) is 0 Å². The van der Waals surface area contributed by atoms with Crippen molar-refractivity contribution in [1.29, 1.82) is 0 Å². The van der Waals surface area contributed by atoms with E-state index in [0.29, 0.717) is 12.5 Å². The van der Waals surface area contributed by atoms with Gasteiger partial charge in [-0.1, -0.05) is 38.8 Å². The summed E-state index contributed by atoms with van der Waals surface area (Å²) in [5.74, 6) is 1.46. The molecule has 0 bridgehead atoms. The van der Waals surface area contributed by atoms with E-state index in [2.05, 4.69) is 36.9 Å². The zero-order valence-corrected chi connectivity index (χ0v) is 13.2. The lowest BCUT2D eigenvalue weighted by molar-refractivity contribution is 0.00103. The Labute approximate surface area is 127 Å². The van der Waals surface area contributed by atoms with E-state index in [-0.39, 0.29) is 6.04 Å². The summed E-state index contributed by atoms with van der Waals surface area (Å²) in [6, 6.07) is 6.59. The lowest BCUT2D eigenvalue weighted by Gasteiger charge is -2.38. The smallest absolute Gasteiger partial charge is 0.124 e. The second-order valence-electron chi connectivity index (χ2n) is 6.73. The molecule has 2 atom stereocenters. The summed E-state index contributed by atoms with van der Waals surface area (Å²) in [4.78, 5) is 2.48. The van der Waals surface area contributed by atoms with Crippen LogP contribution in [0.15, 0.2) is 18.2 Å². The number of likely N-dealkylation sites (tertiary alicyclic amines) is 1. The second kappa shape index (κ2) is 6.37. The summed E-state index contributed by atoms with van der Waals surface area (Å²) in [5, 5.41) is 10.5. The Bertz CT molecular complexity index is 478. The maximum atomic E-state index is 10.5. The highest BCUT2D eigenvalue weighted by molar-refractivity contribution is 5.42. The molecule has 2 unspecified atom stereocenters. The molecule has 0 aromatic heterocycles. The van der Waals surface area contributed by atoms with Crippen LogP contribution in [-0.4, -0.2) is 35.8 Å². The van der Waals surface area contributed by atoms with E-state index < -0.39 is 6.10 Å². The minimum Gasteiger partial charge on any atom is -0.490 e.